The number of nitrogens with one attached hydrogen (secondary N) is 2. The molecule has 0 saturated carbocycles. The van der Waals surface area contributed by atoms with Crippen molar-refractivity contribution in [2.24, 2.45) is 5.73 Å². The first-order chi connectivity index (χ1) is 15.2. The van der Waals surface area contributed by atoms with Gasteiger partial charge in [0.2, 0.25) is 0 Å². The van der Waals surface area contributed by atoms with Crippen LogP contribution >= 0.6 is 0 Å². The molecule has 0 aliphatic carbocycles. The van der Waals surface area contributed by atoms with Crippen LogP contribution in [0.25, 0.3) is 0 Å². The van der Waals surface area contributed by atoms with Gasteiger partial charge >= 0.3 is 5.97 Å². The van der Waals surface area contributed by atoms with Crippen molar-refractivity contribution in [3.05, 3.63) is 89.2 Å². The molecule has 5 N–H and O–H groups in total. The number of halogens is 1. The topological polar surface area (TPSA) is 143 Å². The van der Waals surface area contributed by atoms with Crippen LogP contribution in [0.3, 0.4) is 0 Å². The molecular formula is C22H20FN3O5S. The first-order valence-corrected chi connectivity index (χ1v) is 10.9. The summed E-state index contributed by atoms with van der Waals surface area (Å²) >= 11 is 0. The minimum atomic E-state index is -4.02. The van der Waals surface area contributed by atoms with Gasteiger partial charge in [0.25, 0.3) is 10.0 Å². The van der Waals surface area contributed by atoms with Gasteiger partial charge in [0, 0.05) is 17.7 Å². The molecule has 8 nitrogen and oxygen atoms in total. The zero-order chi connectivity index (χ0) is 23.3. The number of hydrogen-bond acceptors (Lipinski definition) is 5. The Hall–Kier alpha value is -3.92. The molecule has 0 aliphatic heterocycles. The lowest BCUT2D eigenvalue weighted by molar-refractivity contribution is 0.0692. The minimum absolute atomic E-state index is 0.0268. The maximum atomic E-state index is 13.0. The fraction of sp³-hybridized carbons (Fsp3) is 0.0909. The van der Waals surface area contributed by atoms with E-state index in [2.05, 4.69) is 4.72 Å². The van der Waals surface area contributed by atoms with Gasteiger partial charge in [0.1, 0.15) is 23.0 Å². The Balaban J connectivity index is 1.71. The Kier molecular flexibility index (Phi) is 6.74. The molecule has 0 aromatic heterocycles. The predicted octanol–water partition coefficient (Wildman–Crippen LogP) is 3.23. The number of nitrogen functional groups attached to an aromatic ring is 1. The van der Waals surface area contributed by atoms with E-state index in [9.17, 15) is 22.7 Å². The standard InChI is InChI=1S/C22H20FN3O5S/c23-16-5-8-18(9-6-16)32(29,30)26-17-7-10-20(19(13-17)22(27)28)31-12-11-14-1-3-15(4-2-14)21(24)25/h1-10,13,26H,11-12H2,(H3,24,25)(H,27,28). The highest BCUT2D eigenvalue weighted by molar-refractivity contribution is 7.92. The molecule has 0 heterocycles. The van der Waals surface area contributed by atoms with E-state index >= 15 is 0 Å². The Morgan fingerprint density at radius 1 is 1.06 bits per heavy atom. The van der Waals surface area contributed by atoms with Crippen molar-refractivity contribution in [1.82, 2.24) is 0 Å². The Bertz CT molecular complexity index is 1240. The van der Waals surface area contributed by atoms with Crippen LogP contribution < -0.4 is 15.2 Å². The summed E-state index contributed by atoms with van der Waals surface area (Å²) in [5, 5.41) is 16.9. The largest absolute Gasteiger partial charge is 0.492 e. The van der Waals surface area contributed by atoms with E-state index < -0.39 is 21.8 Å². The van der Waals surface area contributed by atoms with E-state index in [0.717, 1.165) is 35.9 Å². The predicted molar refractivity (Wildman–Crippen MR) is 117 cm³/mol. The molecule has 3 aromatic rings. The third kappa shape index (κ3) is 5.61. The second-order valence-electron chi connectivity index (χ2n) is 6.78. The van der Waals surface area contributed by atoms with Gasteiger partial charge in [-0.1, -0.05) is 24.3 Å². The van der Waals surface area contributed by atoms with Crippen LogP contribution in [-0.4, -0.2) is 31.9 Å². The summed E-state index contributed by atoms with van der Waals surface area (Å²) in [4.78, 5) is 11.5. The lowest BCUT2D eigenvalue weighted by Gasteiger charge is -2.13. The van der Waals surface area contributed by atoms with Gasteiger partial charge < -0.3 is 15.6 Å². The normalized spacial score (nSPS) is 11.0. The smallest absolute Gasteiger partial charge is 0.339 e. The van der Waals surface area contributed by atoms with Crippen molar-refractivity contribution in [3.8, 4) is 5.75 Å². The number of carboxylic acid groups (broad SMARTS) is 1. The maximum Gasteiger partial charge on any atom is 0.339 e. The number of hydrogen-bond donors (Lipinski definition) is 4. The lowest BCUT2D eigenvalue weighted by Crippen LogP contribution is -2.14. The number of benzene rings is 3. The Labute approximate surface area is 184 Å². The molecule has 0 unspecified atom stereocenters. The first-order valence-electron chi connectivity index (χ1n) is 9.37. The first kappa shape index (κ1) is 22.8. The van der Waals surface area contributed by atoms with Crippen LogP contribution in [0.5, 0.6) is 5.75 Å². The number of carboxylic acids is 1. The maximum absolute atomic E-state index is 13.0. The van der Waals surface area contributed by atoms with E-state index in [1.54, 1.807) is 24.3 Å². The fourth-order valence-electron chi connectivity index (χ4n) is 2.84. The number of aromatic carboxylic acids is 1. The molecule has 0 atom stereocenters. The number of amidine groups is 1. The molecule has 0 fully saturated rings. The van der Waals surface area contributed by atoms with Crippen LogP contribution in [0, 0.1) is 11.2 Å². The molecule has 3 aromatic carbocycles. The number of ether oxygens (including phenoxy) is 1. The molecule has 0 amide bonds. The van der Waals surface area contributed by atoms with Crippen molar-refractivity contribution in [3.63, 3.8) is 0 Å². The average molecular weight is 457 g/mol. The number of sulfonamides is 1. The quantitative estimate of drug-likeness (QED) is 0.287. The highest BCUT2D eigenvalue weighted by atomic mass is 32.2. The summed E-state index contributed by atoms with van der Waals surface area (Å²) in [6, 6.07) is 15.2. The second kappa shape index (κ2) is 9.48. The highest BCUT2D eigenvalue weighted by Gasteiger charge is 2.18. The molecule has 0 spiro atoms. The third-order valence-corrected chi connectivity index (χ3v) is 5.90. The van der Waals surface area contributed by atoms with Crippen LogP contribution in [0.4, 0.5) is 10.1 Å². The Morgan fingerprint density at radius 3 is 2.31 bits per heavy atom. The third-order valence-electron chi connectivity index (χ3n) is 4.50. The molecule has 166 valence electrons. The monoisotopic (exact) mass is 457 g/mol. The van der Waals surface area contributed by atoms with Gasteiger partial charge in [-0.15, -0.1) is 0 Å². The summed E-state index contributed by atoms with van der Waals surface area (Å²) in [7, 11) is -4.02. The highest BCUT2D eigenvalue weighted by Crippen LogP contribution is 2.25. The van der Waals surface area contributed by atoms with E-state index in [1.807, 2.05) is 0 Å². The molecule has 0 radical (unpaired) electrons. The lowest BCUT2D eigenvalue weighted by atomic mass is 10.1. The van der Waals surface area contributed by atoms with E-state index in [1.165, 1.54) is 12.1 Å². The van der Waals surface area contributed by atoms with Crippen LogP contribution in [0.2, 0.25) is 0 Å². The van der Waals surface area contributed by atoms with E-state index in [4.69, 9.17) is 15.9 Å². The van der Waals surface area contributed by atoms with Crippen molar-refractivity contribution in [1.29, 1.82) is 5.41 Å². The number of rotatable bonds is 9. The SMILES string of the molecule is N=C(N)c1ccc(CCOc2ccc(NS(=O)(=O)c3ccc(F)cc3)cc2C(=O)O)cc1. The number of carbonyl (C=O) groups is 1. The van der Waals surface area contributed by atoms with Crippen molar-refractivity contribution in [2.45, 2.75) is 11.3 Å². The van der Waals surface area contributed by atoms with Crippen molar-refractivity contribution < 1.29 is 27.4 Å². The van der Waals surface area contributed by atoms with E-state index in [-0.39, 0.29) is 34.3 Å². The van der Waals surface area contributed by atoms with Crippen LogP contribution in [0.15, 0.2) is 71.6 Å². The zero-order valence-corrected chi connectivity index (χ0v) is 17.5. The molecule has 0 aliphatic rings. The van der Waals surface area contributed by atoms with Crippen molar-refractivity contribution >= 4 is 27.5 Å². The molecule has 3 rings (SSSR count). The Morgan fingerprint density at radius 2 is 1.72 bits per heavy atom. The number of anilines is 1. The average Bonchev–Trinajstić information content (AvgIpc) is 2.75. The molecule has 32 heavy (non-hydrogen) atoms. The fourth-order valence-corrected chi connectivity index (χ4v) is 3.89. The number of nitrogens with two attached hydrogens (primary N) is 1. The second-order valence-corrected chi connectivity index (χ2v) is 8.47. The summed E-state index contributed by atoms with van der Waals surface area (Å²) in [6.45, 7) is 0.181. The molecule has 10 heteroatoms. The minimum Gasteiger partial charge on any atom is -0.492 e. The van der Waals surface area contributed by atoms with Gasteiger partial charge in [-0.3, -0.25) is 10.1 Å². The molecule has 0 saturated heterocycles. The van der Waals surface area contributed by atoms with Gasteiger partial charge in [-0.25, -0.2) is 17.6 Å². The van der Waals surface area contributed by atoms with E-state index in [0.29, 0.717) is 12.0 Å². The van der Waals surface area contributed by atoms with Gasteiger partial charge in [0.05, 0.1) is 11.5 Å². The summed E-state index contributed by atoms with van der Waals surface area (Å²) in [6.07, 6.45) is 0.482. The van der Waals surface area contributed by atoms with Gasteiger partial charge in [-0.2, -0.15) is 0 Å². The zero-order valence-electron chi connectivity index (χ0n) is 16.7. The van der Waals surface area contributed by atoms with Gasteiger partial charge in [-0.05, 0) is 48.0 Å². The molecular weight excluding hydrogens is 437 g/mol. The van der Waals surface area contributed by atoms with Crippen LogP contribution in [-0.2, 0) is 16.4 Å². The summed E-state index contributed by atoms with van der Waals surface area (Å²) < 4.78 is 45.8. The van der Waals surface area contributed by atoms with Gasteiger partial charge in [0.15, 0.2) is 0 Å². The van der Waals surface area contributed by atoms with Crippen molar-refractivity contribution in [2.75, 3.05) is 11.3 Å². The summed E-state index contributed by atoms with van der Waals surface area (Å²) in [5.41, 5.74) is 6.75. The molecule has 0 bridgehead atoms. The summed E-state index contributed by atoms with van der Waals surface area (Å²) in [5.74, 6) is -1.81. The van der Waals surface area contributed by atoms with Crippen LogP contribution in [0.1, 0.15) is 21.5 Å².